The third-order valence-corrected chi connectivity index (χ3v) is 1.39. The van der Waals surface area contributed by atoms with Crippen molar-refractivity contribution in [2.24, 2.45) is 0 Å². The van der Waals surface area contributed by atoms with Gasteiger partial charge in [-0.05, 0) is 21.0 Å². The van der Waals surface area contributed by atoms with Crippen molar-refractivity contribution in [2.75, 3.05) is 27.7 Å². The first-order valence-electron chi connectivity index (χ1n) is 4.01. The Morgan fingerprint density at radius 3 is 2.38 bits per heavy atom. The lowest BCUT2D eigenvalue weighted by Gasteiger charge is -2.17. The summed E-state index contributed by atoms with van der Waals surface area (Å²) in [6.45, 7) is 2.50. The highest BCUT2D eigenvalue weighted by atomic mass is 16.5. The number of carbonyl (C=O) groups excluding carboxylic acids is 2. The van der Waals surface area contributed by atoms with Crippen LogP contribution in [0.4, 0.5) is 0 Å². The van der Waals surface area contributed by atoms with Crippen LogP contribution in [0.5, 0.6) is 0 Å². The molecule has 0 bridgehead atoms. The smallest absolute Gasteiger partial charge is 0.396 e. The van der Waals surface area contributed by atoms with Crippen LogP contribution in [0.1, 0.15) is 6.92 Å². The van der Waals surface area contributed by atoms with Gasteiger partial charge in [0, 0.05) is 12.6 Å². The second-order valence-electron chi connectivity index (χ2n) is 3.13. The first-order chi connectivity index (χ1) is 5.97. The van der Waals surface area contributed by atoms with Crippen LogP contribution >= 0.6 is 0 Å². The molecule has 0 aromatic rings. The summed E-state index contributed by atoms with van der Waals surface area (Å²) in [5.74, 6) is -1.55. The lowest BCUT2D eigenvalue weighted by atomic mass is 10.3. The lowest BCUT2D eigenvalue weighted by Crippen LogP contribution is -2.43. The maximum absolute atomic E-state index is 11.0. The average molecular weight is 188 g/mol. The van der Waals surface area contributed by atoms with Crippen molar-refractivity contribution in [3.05, 3.63) is 0 Å². The number of carbonyl (C=O) groups is 2. The Morgan fingerprint density at radius 1 is 1.46 bits per heavy atom. The third kappa shape index (κ3) is 5.19. The topological polar surface area (TPSA) is 58.6 Å². The SMILES string of the molecule is COC(=O)C(=O)NC(C)CN(C)C. The van der Waals surface area contributed by atoms with Crippen molar-refractivity contribution in [1.29, 1.82) is 0 Å². The van der Waals surface area contributed by atoms with Gasteiger partial charge < -0.3 is 15.0 Å². The number of amides is 1. The van der Waals surface area contributed by atoms with Crippen molar-refractivity contribution in [1.82, 2.24) is 10.2 Å². The molecule has 0 saturated carbocycles. The maximum Gasteiger partial charge on any atom is 0.396 e. The van der Waals surface area contributed by atoms with Crippen molar-refractivity contribution in [3.8, 4) is 0 Å². The van der Waals surface area contributed by atoms with E-state index in [0.717, 1.165) is 0 Å². The van der Waals surface area contributed by atoms with E-state index in [4.69, 9.17) is 0 Å². The molecule has 0 aliphatic heterocycles. The van der Waals surface area contributed by atoms with Gasteiger partial charge in [0.05, 0.1) is 7.11 Å². The molecule has 76 valence electrons. The molecular formula is C8H16N2O3. The summed E-state index contributed by atoms with van der Waals surface area (Å²) >= 11 is 0. The molecule has 0 aliphatic carbocycles. The lowest BCUT2D eigenvalue weighted by molar-refractivity contribution is -0.153. The highest BCUT2D eigenvalue weighted by Crippen LogP contribution is 1.85. The zero-order valence-electron chi connectivity index (χ0n) is 8.46. The van der Waals surface area contributed by atoms with E-state index in [9.17, 15) is 9.59 Å². The summed E-state index contributed by atoms with van der Waals surface area (Å²) in [6.07, 6.45) is 0. The van der Waals surface area contributed by atoms with Crippen LogP contribution in [0, 0.1) is 0 Å². The summed E-state index contributed by atoms with van der Waals surface area (Å²) in [6, 6.07) is -0.0680. The highest BCUT2D eigenvalue weighted by Gasteiger charge is 2.16. The van der Waals surface area contributed by atoms with Gasteiger partial charge in [0.2, 0.25) is 0 Å². The fourth-order valence-corrected chi connectivity index (χ4v) is 0.969. The minimum atomic E-state index is -0.856. The zero-order valence-corrected chi connectivity index (χ0v) is 8.46. The summed E-state index contributed by atoms with van der Waals surface area (Å²) in [5.41, 5.74) is 0. The van der Waals surface area contributed by atoms with Crippen LogP contribution < -0.4 is 5.32 Å². The Kier molecular flexibility index (Phi) is 5.06. The minimum absolute atomic E-state index is 0.0680. The Labute approximate surface area is 78.0 Å². The predicted molar refractivity (Wildman–Crippen MR) is 48.2 cm³/mol. The molecule has 0 aromatic carbocycles. The van der Waals surface area contributed by atoms with Gasteiger partial charge in [0.1, 0.15) is 0 Å². The van der Waals surface area contributed by atoms with E-state index in [-0.39, 0.29) is 6.04 Å². The molecule has 1 unspecified atom stereocenters. The Hall–Kier alpha value is -1.10. The first kappa shape index (κ1) is 11.9. The Bertz CT molecular complexity index is 192. The minimum Gasteiger partial charge on any atom is -0.462 e. The Morgan fingerprint density at radius 2 is 2.00 bits per heavy atom. The van der Waals surface area contributed by atoms with E-state index < -0.39 is 11.9 Å². The van der Waals surface area contributed by atoms with Gasteiger partial charge in [-0.15, -0.1) is 0 Å². The van der Waals surface area contributed by atoms with Gasteiger partial charge in [-0.1, -0.05) is 0 Å². The van der Waals surface area contributed by atoms with Crippen LogP contribution in [-0.2, 0) is 14.3 Å². The van der Waals surface area contributed by atoms with Gasteiger partial charge in [-0.2, -0.15) is 0 Å². The van der Waals surface area contributed by atoms with Gasteiger partial charge in [-0.3, -0.25) is 4.79 Å². The maximum atomic E-state index is 11.0. The zero-order chi connectivity index (χ0) is 10.4. The number of esters is 1. The summed E-state index contributed by atoms with van der Waals surface area (Å²) in [4.78, 5) is 23.6. The molecule has 5 nitrogen and oxygen atoms in total. The molecule has 0 aromatic heterocycles. The van der Waals surface area contributed by atoms with Gasteiger partial charge >= 0.3 is 11.9 Å². The quantitative estimate of drug-likeness (QED) is 0.466. The van der Waals surface area contributed by atoms with Crippen LogP contribution in [0.3, 0.4) is 0 Å². The van der Waals surface area contributed by atoms with Gasteiger partial charge in [-0.25, -0.2) is 4.79 Å². The highest BCUT2D eigenvalue weighted by molar-refractivity contribution is 6.32. The molecule has 0 aliphatic rings. The number of ether oxygens (including phenoxy) is 1. The molecule has 0 spiro atoms. The molecule has 1 amide bonds. The van der Waals surface area contributed by atoms with E-state index in [2.05, 4.69) is 10.1 Å². The van der Waals surface area contributed by atoms with Crippen molar-refractivity contribution in [2.45, 2.75) is 13.0 Å². The molecule has 1 atom stereocenters. The molecule has 0 fully saturated rings. The number of hydrogen-bond donors (Lipinski definition) is 1. The van der Waals surface area contributed by atoms with Crippen molar-refractivity contribution < 1.29 is 14.3 Å². The number of nitrogens with one attached hydrogen (secondary N) is 1. The standard InChI is InChI=1S/C8H16N2O3/c1-6(5-10(2)3)9-7(11)8(12)13-4/h6H,5H2,1-4H3,(H,9,11). The second kappa shape index (κ2) is 5.53. The summed E-state index contributed by atoms with van der Waals surface area (Å²) < 4.78 is 4.25. The summed E-state index contributed by atoms with van der Waals surface area (Å²) in [5, 5.41) is 2.51. The van der Waals surface area contributed by atoms with Crippen molar-refractivity contribution in [3.63, 3.8) is 0 Å². The molecular weight excluding hydrogens is 172 g/mol. The van der Waals surface area contributed by atoms with Crippen LogP contribution in [0.15, 0.2) is 0 Å². The van der Waals surface area contributed by atoms with Crippen molar-refractivity contribution >= 4 is 11.9 Å². The molecule has 0 radical (unpaired) electrons. The van der Waals surface area contributed by atoms with Gasteiger partial charge in [0.25, 0.3) is 0 Å². The number of methoxy groups -OCH3 is 1. The second-order valence-corrected chi connectivity index (χ2v) is 3.13. The first-order valence-corrected chi connectivity index (χ1v) is 4.01. The number of nitrogens with zero attached hydrogens (tertiary/aromatic N) is 1. The molecule has 1 N–H and O–H groups in total. The molecule has 0 rings (SSSR count). The van der Waals surface area contributed by atoms with Gasteiger partial charge in [0.15, 0.2) is 0 Å². The fourth-order valence-electron chi connectivity index (χ4n) is 0.969. The van der Waals surface area contributed by atoms with E-state index in [1.807, 2.05) is 25.9 Å². The number of hydrogen-bond acceptors (Lipinski definition) is 4. The number of likely N-dealkylation sites (N-methyl/N-ethyl adjacent to an activating group) is 1. The average Bonchev–Trinajstić information content (AvgIpc) is 2.01. The fraction of sp³-hybridized carbons (Fsp3) is 0.750. The molecule has 0 saturated heterocycles. The molecule has 13 heavy (non-hydrogen) atoms. The van der Waals surface area contributed by atoms with E-state index >= 15 is 0 Å². The predicted octanol–water partition coefficient (Wildman–Crippen LogP) is -0.774. The largest absolute Gasteiger partial charge is 0.462 e. The number of rotatable bonds is 3. The molecule has 5 heteroatoms. The molecule has 0 heterocycles. The Balaban J connectivity index is 3.85. The van der Waals surface area contributed by atoms with E-state index in [0.29, 0.717) is 6.54 Å². The van der Waals surface area contributed by atoms with E-state index in [1.165, 1.54) is 7.11 Å². The van der Waals surface area contributed by atoms with Crippen LogP contribution in [0.2, 0.25) is 0 Å². The third-order valence-electron chi connectivity index (χ3n) is 1.39. The van der Waals surface area contributed by atoms with Crippen LogP contribution in [0.25, 0.3) is 0 Å². The van der Waals surface area contributed by atoms with Crippen LogP contribution in [-0.4, -0.2) is 50.6 Å². The monoisotopic (exact) mass is 188 g/mol. The normalized spacial score (nSPS) is 12.4. The van der Waals surface area contributed by atoms with E-state index in [1.54, 1.807) is 0 Å². The summed E-state index contributed by atoms with van der Waals surface area (Å²) in [7, 11) is 4.96.